The lowest BCUT2D eigenvalue weighted by molar-refractivity contribution is -0.139. The standard InChI is InChI=1S/C23H19Cl2N5O4S/c24-15-7-13-10-30(22(32)18-8-12-3-1-2-4-17(12)35-18)6-5-14(13)20(25)19(15)21(31)29-16(23(33)34)9-27-28-11-26/h1-4,7-8,16,27-28H,5-6,9-10H2,(H,29,31)(H,33,34)/t16-/m0/s1. The van der Waals surface area contributed by atoms with Crippen molar-refractivity contribution in [2.24, 2.45) is 0 Å². The van der Waals surface area contributed by atoms with Crippen molar-refractivity contribution >= 4 is 62.4 Å². The molecule has 1 aromatic heterocycles. The SMILES string of the molecule is N#CNNC[C@H](NC(=O)c1c(Cl)cc2c(c1Cl)CCN(C(=O)c1cc3ccccc3s1)C2)C(=O)O. The van der Waals surface area contributed by atoms with Crippen LogP contribution in [0.1, 0.15) is 31.2 Å². The summed E-state index contributed by atoms with van der Waals surface area (Å²) in [7, 11) is 0. The number of carbonyl (C=O) groups is 3. The fourth-order valence-corrected chi connectivity index (χ4v) is 5.69. The number of hydrogen-bond donors (Lipinski definition) is 4. The average molecular weight is 532 g/mol. The second-order valence-electron chi connectivity index (χ2n) is 7.79. The third-order valence-corrected chi connectivity index (χ3v) is 7.43. The fourth-order valence-electron chi connectivity index (χ4n) is 3.90. The Balaban J connectivity index is 1.53. The van der Waals surface area contributed by atoms with Crippen LogP contribution in [-0.4, -0.2) is 46.9 Å². The molecular formula is C23H19Cl2N5O4S. The fraction of sp³-hybridized carbons (Fsp3) is 0.217. The number of benzene rings is 2. The van der Waals surface area contributed by atoms with Gasteiger partial charge in [-0.05, 0) is 41.1 Å². The van der Waals surface area contributed by atoms with Crippen LogP contribution in [0, 0.1) is 11.5 Å². The molecule has 0 bridgehead atoms. The van der Waals surface area contributed by atoms with Gasteiger partial charge in [0.1, 0.15) is 6.04 Å². The van der Waals surface area contributed by atoms with Crippen LogP contribution in [0.4, 0.5) is 0 Å². The van der Waals surface area contributed by atoms with Crippen molar-refractivity contribution in [2.75, 3.05) is 13.1 Å². The number of amides is 2. The van der Waals surface area contributed by atoms with E-state index in [9.17, 15) is 19.5 Å². The van der Waals surface area contributed by atoms with Gasteiger partial charge in [-0.1, -0.05) is 41.4 Å². The summed E-state index contributed by atoms with van der Waals surface area (Å²) in [6, 6.07) is 9.93. The van der Waals surface area contributed by atoms with Crippen LogP contribution >= 0.6 is 34.5 Å². The third kappa shape index (κ3) is 5.18. The summed E-state index contributed by atoms with van der Waals surface area (Å²) >= 11 is 14.4. The predicted octanol–water partition coefficient (Wildman–Crippen LogP) is 3.16. The number of aliphatic carboxylic acids is 1. The maximum Gasteiger partial charge on any atom is 0.327 e. The number of rotatable bonds is 7. The van der Waals surface area contributed by atoms with E-state index < -0.39 is 17.9 Å². The number of thiophene rings is 1. The molecule has 1 aliphatic heterocycles. The smallest absolute Gasteiger partial charge is 0.327 e. The van der Waals surface area contributed by atoms with E-state index in [0.29, 0.717) is 23.4 Å². The molecule has 4 rings (SSSR count). The molecule has 0 spiro atoms. The van der Waals surface area contributed by atoms with Crippen LogP contribution < -0.4 is 16.2 Å². The molecule has 0 fully saturated rings. The maximum absolute atomic E-state index is 13.1. The molecule has 0 saturated carbocycles. The summed E-state index contributed by atoms with van der Waals surface area (Å²) in [6.07, 6.45) is 2.01. The van der Waals surface area contributed by atoms with Crippen LogP contribution in [0.2, 0.25) is 10.0 Å². The Kier molecular flexibility index (Phi) is 7.42. The Morgan fingerprint density at radius 2 is 2.00 bits per heavy atom. The van der Waals surface area contributed by atoms with Crippen molar-refractivity contribution in [1.82, 2.24) is 21.1 Å². The van der Waals surface area contributed by atoms with Crippen LogP contribution in [0.5, 0.6) is 0 Å². The first-order valence-electron chi connectivity index (χ1n) is 10.5. The minimum Gasteiger partial charge on any atom is -0.480 e. The second kappa shape index (κ2) is 10.5. The summed E-state index contributed by atoms with van der Waals surface area (Å²) in [5.74, 6) is -2.14. The van der Waals surface area contributed by atoms with Crippen LogP contribution in [0.25, 0.3) is 10.1 Å². The van der Waals surface area contributed by atoms with Crippen molar-refractivity contribution in [2.45, 2.75) is 19.0 Å². The van der Waals surface area contributed by atoms with Gasteiger partial charge in [0.2, 0.25) is 0 Å². The lowest BCUT2D eigenvalue weighted by Gasteiger charge is -2.30. The molecule has 4 N–H and O–H groups in total. The molecule has 0 unspecified atom stereocenters. The van der Waals surface area contributed by atoms with E-state index in [2.05, 4.69) is 16.2 Å². The largest absolute Gasteiger partial charge is 0.480 e. The number of fused-ring (bicyclic) bond motifs is 2. The van der Waals surface area contributed by atoms with Gasteiger partial charge < -0.3 is 15.3 Å². The number of nitriles is 1. The molecule has 0 saturated heterocycles. The summed E-state index contributed by atoms with van der Waals surface area (Å²) in [4.78, 5) is 39.8. The number of hydrogen-bond acceptors (Lipinski definition) is 7. The zero-order valence-electron chi connectivity index (χ0n) is 18.1. The first-order chi connectivity index (χ1) is 16.8. The van der Waals surface area contributed by atoms with Crippen molar-refractivity contribution in [3.8, 4) is 6.19 Å². The second-order valence-corrected chi connectivity index (χ2v) is 9.66. The van der Waals surface area contributed by atoms with Gasteiger partial charge in [-0.25, -0.2) is 10.2 Å². The van der Waals surface area contributed by atoms with Crippen molar-refractivity contribution in [1.29, 1.82) is 5.26 Å². The Hall–Kier alpha value is -3.36. The van der Waals surface area contributed by atoms with Gasteiger partial charge in [-0.15, -0.1) is 11.3 Å². The number of hydrazine groups is 1. The van der Waals surface area contributed by atoms with Crippen LogP contribution in [-0.2, 0) is 17.8 Å². The van der Waals surface area contributed by atoms with Crippen molar-refractivity contribution < 1.29 is 19.5 Å². The molecule has 2 aromatic carbocycles. The van der Waals surface area contributed by atoms with Gasteiger partial charge >= 0.3 is 5.97 Å². The Bertz CT molecular complexity index is 1340. The normalized spacial score (nSPS) is 13.6. The number of carbonyl (C=O) groups excluding carboxylic acids is 2. The van der Waals surface area contributed by atoms with Gasteiger partial charge in [0.25, 0.3) is 11.8 Å². The first kappa shape index (κ1) is 24.8. The molecule has 0 aliphatic carbocycles. The lowest BCUT2D eigenvalue weighted by atomic mass is 9.96. The molecule has 0 radical (unpaired) electrons. The van der Waals surface area contributed by atoms with Gasteiger partial charge in [0, 0.05) is 24.3 Å². The zero-order valence-corrected chi connectivity index (χ0v) is 20.4. The highest BCUT2D eigenvalue weighted by molar-refractivity contribution is 7.20. The van der Waals surface area contributed by atoms with E-state index in [1.54, 1.807) is 17.2 Å². The zero-order chi connectivity index (χ0) is 25.1. The van der Waals surface area contributed by atoms with E-state index in [1.165, 1.54) is 11.3 Å². The van der Waals surface area contributed by atoms with Gasteiger partial charge in [0.05, 0.1) is 20.5 Å². The highest BCUT2D eigenvalue weighted by Crippen LogP contribution is 2.35. The summed E-state index contributed by atoms with van der Waals surface area (Å²) in [5.41, 5.74) is 5.87. The van der Waals surface area contributed by atoms with Gasteiger partial charge in [-0.3, -0.25) is 15.0 Å². The number of nitrogens with one attached hydrogen (secondary N) is 3. The Morgan fingerprint density at radius 1 is 1.23 bits per heavy atom. The molecule has 12 heteroatoms. The van der Waals surface area contributed by atoms with E-state index >= 15 is 0 Å². The van der Waals surface area contributed by atoms with E-state index in [-0.39, 0.29) is 34.6 Å². The molecule has 1 aliphatic rings. The van der Waals surface area contributed by atoms with Gasteiger partial charge in [0.15, 0.2) is 6.19 Å². The third-order valence-electron chi connectivity index (χ3n) is 5.61. The molecule has 2 amide bonds. The van der Waals surface area contributed by atoms with Crippen molar-refractivity contribution in [3.63, 3.8) is 0 Å². The molecule has 3 aromatic rings. The highest BCUT2D eigenvalue weighted by Gasteiger charge is 2.30. The van der Waals surface area contributed by atoms with Crippen LogP contribution in [0.3, 0.4) is 0 Å². The summed E-state index contributed by atoms with van der Waals surface area (Å²) < 4.78 is 1.04. The quantitative estimate of drug-likeness (QED) is 0.159. The average Bonchev–Trinajstić information content (AvgIpc) is 3.27. The topological polar surface area (TPSA) is 135 Å². The highest BCUT2D eigenvalue weighted by atomic mass is 35.5. The number of carboxylic acid groups (broad SMARTS) is 1. The molecular weight excluding hydrogens is 513 g/mol. The van der Waals surface area contributed by atoms with E-state index in [1.807, 2.05) is 30.3 Å². The van der Waals surface area contributed by atoms with Crippen molar-refractivity contribution in [3.05, 3.63) is 68.0 Å². The van der Waals surface area contributed by atoms with Crippen LogP contribution in [0.15, 0.2) is 36.4 Å². The van der Waals surface area contributed by atoms with Gasteiger partial charge in [-0.2, -0.15) is 5.26 Å². The predicted molar refractivity (Wildman–Crippen MR) is 132 cm³/mol. The number of nitrogens with zero attached hydrogens (tertiary/aromatic N) is 2. The number of halogens is 2. The molecule has 180 valence electrons. The minimum absolute atomic E-state index is 0.0316. The summed E-state index contributed by atoms with van der Waals surface area (Å²) in [5, 5.41) is 21.4. The number of carboxylic acids is 1. The Labute approximate surface area is 214 Å². The molecule has 35 heavy (non-hydrogen) atoms. The van der Waals surface area contributed by atoms with E-state index in [4.69, 9.17) is 28.5 Å². The monoisotopic (exact) mass is 531 g/mol. The Morgan fingerprint density at radius 3 is 2.71 bits per heavy atom. The first-order valence-corrected chi connectivity index (χ1v) is 12.1. The summed E-state index contributed by atoms with van der Waals surface area (Å²) in [6.45, 7) is 0.443. The minimum atomic E-state index is -1.33. The van der Waals surface area contributed by atoms with E-state index in [0.717, 1.165) is 15.6 Å². The maximum atomic E-state index is 13.1. The molecule has 9 nitrogen and oxygen atoms in total. The molecule has 2 heterocycles. The lowest BCUT2D eigenvalue weighted by Crippen LogP contribution is -2.49. The molecule has 1 atom stereocenters.